The molecule has 37 heavy (non-hydrogen) atoms. The van der Waals surface area contributed by atoms with E-state index in [0.29, 0.717) is 5.56 Å². The van der Waals surface area contributed by atoms with Crippen molar-refractivity contribution in [1.29, 1.82) is 0 Å². The highest BCUT2D eigenvalue weighted by atomic mass is 32.1. The minimum atomic E-state index is -4.80. The van der Waals surface area contributed by atoms with Crippen molar-refractivity contribution in [3.05, 3.63) is 64.2 Å². The number of nitrogens with zero attached hydrogens (tertiary/aromatic N) is 1. The van der Waals surface area contributed by atoms with Crippen molar-refractivity contribution >= 4 is 19.2 Å². The van der Waals surface area contributed by atoms with Crippen LogP contribution in [0.5, 0.6) is 5.75 Å². The molecule has 3 aromatic rings. The second-order valence-electron chi connectivity index (χ2n) is 8.14. The molecule has 0 saturated heterocycles. The Labute approximate surface area is 210 Å². The Kier molecular flexibility index (Phi) is 8.37. The molecule has 1 atom stereocenters. The number of alkyl halides is 6. The van der Waals surface area contributed by atoms with Crippen molar-refractivity contribution in [3.8, 4) is 16.3 Å². The number of H-pyrrole nitrogens is 1. The maximum Gasteiger partial charge on any atom is 0.469 e. The van der Waals surface area contributed by atoms with Crippen molar-refractivity contribution in [2.75, 3.05) is 13.2 Å². The summed E-state index contributed by atoms with van der Waals surface area (Å²) in [6, 6.07) is 7.51. The van der Waals surface area contributed by atoms with Gasteiger partial charge in [0.25, 0.3) is 5.01 Å². The van der Waals surface area contributed by atoms with Crippen molar-refractivity contribution in [2.45, 2.75) is 31.2 Å². The first-order valence-electron chi connectivity index (χ1n) is 10.3. The van der Waals surface area contributed by atoms with Gasteiger partial charge in [-0.2, -0.15) is 26.3 Å². The summed E-state index contributed by atoms with van der Waals surface area (Å²) in [5.41, 5.74) is 3.18. The molecule has 3 rings (SSSR count). The third-order valence-electron chi connectivity index (χ3n) is 4.96. The van der Waals surface area contributed by atoms with Crippen LogP contribution in [0.1, 0.15) is 28.6 Å². The fraction of sp³-hybridized carbons (Fsp3) is 0.333. The van der Waals surface area contributed by atoms with Gasteiger partial charge < -0.3 is 20.3 Å². The Morgan fingerprint density at radius 1 is 1.05 bits per heavy atom. The molecule has 0 bridgehead atoms. The van der Waals surface area contributed by atoms with E-state index in [2.05, 4.69) is 14.7 Å². The number of nitrogens with two attached hydrogens (primary N) is 1. The van der Waals surface area contributed by atoms with Crippen LogP contribution < -0.4 is 15.6 Å². The number of hydrogen-bond acceptors (Lipinski definition) is 6. The number of benzene rings is 2. The number of aromatic nitrogens is 2. The van der Waals surface area contributed by atoms with Crippen LogP contribution in [-0.2, 0) is 33.4 Å². The number of phosphoric acid groups is 1. The minimum Gasteiger partial charge on any atom is -0.493 e. The molecular weight excluding hydrogens is 551 g/mol. The van der Waals surface area contributed by atoms with E-state index in [1.165, 1.54) is 25.1 Å². The Morgan fingerprint density at radius 3 is 2.27 bits per heavy atom. The van der Waals surface area contributed by atoms with Crippen LogP contribution in [0.25, 0.3) is 10.6 Å². The van der Waals surface area contributed by atoms with E-state index in [1.807, 2.05) is 0 Å². The zero-order chi connectivity index (χ0) is 27.6. The summed E-state index contributed by atoms with van der Waals surface area (Å²) in [5, 5.41) is 6.80. The van der Waals surface area contributed by atoms with Crippen molar-refractivity contribution < 1.29 is 55.1 Å². The normalized spacial score (nSPS) is 14.4. The SMILES string of the molecule is C[C@](N)(COP(=O)(O)O)c1n[nH+]c(-c2ccc(OCCc3ccc(C(F)(F)F)cc3)c(C(F)(F)F)c2)s1. The molecule has 0 saturated carbocycles. The maximum atomic E-state index is 13.7. The summed E-state index contributed by atoms with van der Waals surface area (Å²) in [6.45, 7) is 0.571. The fourth-order valence-corrected chi connectivity index (χ4v) is 4.40. The molecule has 0 aliphatic heterocycles. The zero-order valence-electron chi connectivity index (χ0n) is 18.9. The van der Waals surface area contributed by atoms with Crippen LogP contribution >= 0.6 is 19.2 Å². The first kappa shape index (κ1) is 29.0. The Balaban J connectivity index is 1.75. The van der Waals surface area contributed by atoms with E-state index < -0.39 is 49.2 Å². The molecule has 2 aromatic carbocycles. The lowest BCUT2D eigenvalue weighted by atomic mass is 10.1. The van der Waals surface area contributed by atoms with Crippen LogP contribution in [0.4, 0.5) is 26.3 Å². The van der Waals surface area contributed by atoms with Gasteiger partial charge in [-0.1, -0.05) is 17.2 Å². The third kappa shape index (κ3) is 7.97. The number of phosphoric ester groups is 1. The largest absolute Gasteiger partial charge is 0.493 e. The lowest BCUT2D eigenvalue weighted by Crippen LogP contribution is -2.38. The van der Waals surface area contributed by atoms with Gasteiger partial charge in [0.05, 0.1) is 35.4 Å². The molecule has 0 fully saturated rings. The fourth-order valence-electron chi connectivity index (χ4n) is 3.05. The smallest absolute Gasteiger partial charge is 0.469 e. The summed E-state index contributed by atoms with van der Waals surface area (Å²) < 4.78 is 99.9. The first-order chi connectivity index (χ1) is 17.0. The predicted octanol–water partition coefficient (Wildman–Crippen LogP) is 4.57. The highest BCUT2D eigenvalue weighted by Gasteiger charge is 2.37. The summed E-state index contributed by atoms with van der Waals surface area (Å²) in [7, 11) is -4.80. The van der Waals surface area contributed by atoms with E-state index in [0.717, 1.165) is 35.6 Å². The number of aromatic amines is 1. The summed E-state index contributed by atoms with van der Waals surface area (Å²) >= 11 is 0.874. The van der Waals surface area contributed by atoms with Crippen LogP contribution in [0.2, 0.25) is 0 Å². The molecule has 0 radical (unpaired) electrons. The zero-order valence-corrected chi connectivity index (χ0v) is 20.6. The molecule has 0 spiro atoms. The molecule has 0 aliphatic rings. The summed E-state index contributed by atoms with van der Waals surface area (Å²) in [5.74, 6) is -0.466. The van der Waals surface area contributed by atoms with Gasteiger partial charge in [0.15, 0.2) is 5.01 Å². The molecule has 1 aromatic heterocycles. The van der Waals surface area contributed by atoms with E-state index >= 15 is 0 Å². The topological polar surface area (TPSA) is 129 Å². The van der Waals surface area contributed by atoms with Crippen molar-refractivity contribution in [3.63, 3.8) is 0 Å². The third-order valence-corrected chi connectivity index (χ3v) is 6.70. The summed E-state index contributed by atoms with van der Waals surface area (Å²) in [6.07, 6.45) is -9.20. The lowest BCUT2D eigenvalue weighted by Gasteiger charge is -2.19. The van der Waals surface area contributed by atoms with Crippen LogP contribution in [0.15, 0.2) is 42.5 Å². The first-order valence-corrected chi connectivity index (χ1v) is 12.7. The average molecular weight is 572 g/mol. The minimum absolute atomic E-state index is 0.0783. The molecular formula is C21H21F6N3O5PS+. The van der Waals surface area contributed by atoms with Crippen LogP contribution in [0, 0.1) is 0 Å². The van der Waals surface area contributed by atoms with Crippen LogP contribution in [-0.4, -0.2) is 28.1 Å². The van der Waals surface area contributed by atoms with E-state index in [-0.39, 0.29) is 28.6 Å². The van der Waals surface area contributed by atoms with Crippen molar-refractivity contribution in [2.24, 2.45) is 5.73 Å². The van der Waals surface area contributed by atoms with Gasteiger partial charge in [-0.05, 0) is 54.2 Å². The average Bonchev–Trinajstić information content (AvgIpc) is 3.28. The second-order valence-corrected chi connectivity index (χ2v) is 10.4. The van der Waals surface area contributed by atoms with Gasteiger partial charge in [0.1, 0.15) is 5.75 Å². The highest BCUT2D eigenvalue weighted by Crippen LogP contribution is 2.41. The number of halogens is 6. The number of ether oxygens (including phenoxy) is 1. The molecule has 0 unspecified atom stereocenters. The van der Waals surface area contributed by atoms with Gasteiger partial charge in [-0.15, -0.1) is 0 Å². The molecule has 16 heteroatoms. The van der Waals surface area contributed by atoms with Gasteiger partial charge in [-0.25, -0.2) is 4.57 Å². The van der Waals surface area contributed by atoms with E-state index in [4.69, 9.17) is 20.3 Å². The Bertz CT molecular complexity index is 1270. The lowest BCUT2D eigenvalue weighted by molar-refractivity contribution is -0.437. The number of hydrogen-bond donors (Lipinski definition) is 3. The Hall–Kier alpha value is -2.55. The van der Waals surface area contributed by atoms with E-state index in [9.17, 15) is 30.9 Å². The van der Waals surface area contributed by atoms with Gasteiger partial charge >= 0.3 is 20.2 Å². The molecule has 202 valence electrons. The van der Waals surface area contributed by atoms with Crippen molar-refractivity contribution in [1.82, 2.24) is 5.10 Å². The molecule has 8 nitrogen and oxygen atoms in total. The summed E-state index contributed by atoms with van der Waals surface area (Å²) in [4.78, 5) is 17.7. The Morgan fingerprint density at radius 2 is 1.70 bits per heavy atom. The molecule has 0 amide bonds. The van der Waals surface area contributed by atoms with Gasteiger partial charge in [0.2, 0.25) is 0 Å². The van der Waals surface area contributed by atoms with E-state index in [1.54, 1.807) is 0 Å². The predicted molar refractivity (Wildman–Crippen MR) is 119 cm³/mol. The van der Waals surface area contributed by atoms with Gasteiger partial charge in [-0.3, -0.25) is 4.52 Å². The molecule has 5 N–H and O–H groups in total. The highest BCUT2D eigenvalue weighted by molar-refractivity contribution is 7.46. The number of rotatable bonds is 9. The van der Waals surface area contributed by atoms with Crippen LogP contribution in [0.3, 0.4) is 0 Å². The van der Waals surface area contributed by atoms with Gasteiger partial charge in [0, 0.05) is 11.5 Å². The molecule has 1 heterocycles. The second kappa shape index (κ2) is 10.7. The maximum absolute atomic E-state index is 13.7. The quantitative estimate of drug-likeness (QED) is 0.253. The monoisotopic (exact) mass is 572 g/mol. The number of nitrogens with one attached hydrogen (secondary N) is 1. The standard InChI is InChI=1S/C21H20F6N3O5PS/c1-19(28,11-35-36(31,32)33)18-30-29-17(37-18)13-4-7-16(15(10-13)21(25,26)27)34-9-8-12-2-5-14(6-3-12)20(22,23)24/h2-7,10H,8-9,11,28H2,1H3,(H2,31,32,33)/p+1/t19-/m0/s1. The molecule has 0 aliphatic carbocycles.